The molecule has 2 atom stereocenters. The van der Waals surface area contributed by atoms with Crippen LogP contribution < -0.4 is 21.5 Å². The Balaban J connectivity index is 1.52. The SMILES string of the molecule is NC(=O)C(C1=NCCC(C2CCN(P)CC2)N1)=C(N)c1ccc(Oc2ccccc2)cc1. The Morgan fingerprint density at radius 1 is 1.00 bits per heavy atom. The van der Waals surface area contributed by atoms with E-state index in [-0.39, 0.29) is 11.6 Å². The van der Waals surface area contributed by atoms with Crippen molar-refractivity contribution in [1.29, 1.82) is 0 Å². The van der Waals surface area contributed by atoms with Gasteiger partial charge in [0.25, 0.3) is 5.91 Å². The summed E-state index contributed by atoms with van der Waals surface area (Å²) in [5, 5.41) is 3.48. The molecule has 1 amide bonds. The number of amidine groups is 1. The summed E-state index contributed by atoms with van der Waals surface area (Å²) < 4.78 is 8.11. The molecule has 32 heavy (non-hydrogen) atoms. The Morgan fingerprint density at radius 2 is 1.66 bits per heavy atom. The van der Waals surface area contributed by atoms with E-state index in [9.17, 15) is 4.79 Å². The molecule has 0 aromatic heterocycles. The molecule has 0 saturated carbocycles. The van der Waals surface area contributed by atoms with E-state index in [2.05, 4.69) is 24.4 Å². The first kappa shape index (κ1) is 22.3. The van der Waals surface area contributed by atoms with Gasteiger partial charge in [-0.2, -0.15) is 0 Å². The van der Waals surface area contributed by atoms with Gasteiger partial charge < -0.3 is 21.5 Å². The summed E-state index contributed by atoms with van der Waals surface area (Å²) in [7, 11) is 2.78. The first-order chi connectivity index (χ1) is 15.5. The molecule has 8 heteroatoms. The third-order valence-corrected chi connectivity index (χ3v) is 6.59. The number of nitrogens with one attached hydrogen (secondary N) is 1. The lowest BCUT2D eigenvalue weighted by Gasteiger charge is -2.37. The molecule has 2 heterocycles. The molecular weight excluding hydrogens is 421 g/mol. The molecule has 4 rings (SSSR count). The van der Waals surface area contributed by atoms with E-state index in [1.807, 2.05) is 54.6 Å². The van der Waals surface area contributed by atoms with Crippen LogP contribution in [0.5, 0.6) is 11.5 Å². The number of aliphatic imine (C=N–C) groups is 1. The molecule has 5 N–H and O–H groups in total. The van der Waals surface area contributed by atoms with Crippen molar-refractivity contribution in [3.8, 4) is 11.5 Å². The normalized spacial score (nSPS) is 20.7. The highest BCUT2D eigenvalue weighted by atomic mass is 31.0. The highest BCUT2D eigenvalue weighted by Crippen LogP contribution is 2.27. The number of ether oxygens (including phenoxy) is 1. The number of rotatable bonds is 6. The van der Waals surface area contributed by atoms with Gasteiger partial charge in [-0.1, -0.05) is 27.6 Å². The molecule has 1 saturated heterocycles. The zero-order chi connectivity index (χ0) is 22.5. The molecule has 2 aromatic carbocycles. The monoisotopic (exact) mass is 451 g/mol. The van der Waals surface area contributed by atoms with Gasteiger partial charge in [0.1, 0.15) is 22.9 Å². The number of carbonyl (C=O) groups is 1. The molecule has 2 aromatic rings. The second kappa shape index (κ2) is 10.2. The van der Waals surface area contributed by atoms with Gasteiger partial charge in [-0.25, -0.2) is 0 Å². The van der Waals surface area contributed by atoms with Crippen molar-refractivity contribution in [3.05, 3.63) is 65.7 Å². The van der Waals surface area contributed by atoms with Gasteiger partial charge in [0.05, 0.1) is 5.70 Å². The van der Waals surface area contributed by atoms with Crippen molar-refractivity contribution in [1.82, 2.24) is 9.99 Å². The van der Waals surface area contributed by atoms with Gasteiger partial charge in [0, 0.05) is 25.7 Å². The van der Waals surface area contributed by atoms with Crippen LogP contribution in [0.25, 0.3) is 5.70 Å². The average molecular weight is 452 g/mol. The minimum Gasteiger partial charge on any atom is -0.457 e. The summed E-state index contributed by atoms with van der Waals surface area (Å²) in [6.45, 7) is 2.76. The van der Waals surface area contributed by atoms with Crippen molar-refractivity contribution in [2.24, 2.45) is 22.4 Å². The van der Waals surface area contributed by atoms with Crippen LogP contribution in [0.4, 0.5) is 0 Å². The molecule has 0 spiro atoms. The molecule has 168 valence electrons. The third kappa shape index (κ3) is 5.29. The van der Waals surface area contributed by atoms with E-state index in [1.54, 1.807) is 0 Å². The van der Waals surface area contributed by atoms with Crippen LogP contribution in [0.2, 0.25) is 0 Å². The number of primary amides is 1. The first-order valence-corrected chi connectivity index (χ1v) is 11.5. The van der Waals surface area contributed by atoms with E-state index in [0.29, 0.717) is 35.3 Å². The number of nitrogens with zero attached hydrogens (tertiary/aromatic N) is 2. The molecule has 1 fully saturated rings. The summed E-state index contributed by atoms with van der Waals surface area (Å²) in [5.41, 5.74) is 13.4. The van der Waals surface area contributed by atoms with Crippen LogP contribution in [0.15, 0.2) is 65.2 Å². The van der Waals surface area contributed by atoms with Crippen LogP contribution in [-0.2, 0) is 4.79 Å². The van der Waals surface area contributed by atoms with E-state index in [0.717, 1.165) is 38.1 Å². The smallest absolute Gasteiger partial charge is 0.254 e. The number of amides is 1. The fourth-order valence-corrected chi connectivity index (χ4v) is 4.58. The summed E-state index contributed by atoms with van der Waals surface area (Å²) in [6.07, 6.45) is 3.17. The summed E-state index contributed by atoms with van der Waals surface area (Å²) in [5.74, 6) is 1.90. The molecule has 0 radical (unpaired) electrons. The number of hydrogen-bond donors (Lipinski definition) is 3. The van der Waals surface area contributed by atoms with Gasteiger partial charge in [-0.05, 0) is 67.1 Å². The quantitative estimate of drug-likeness (QED) is 0.463. The highest BCUT2D eigenvalue weighted by molar-refractivity contribution is 7.13. The minimum atomic E-state index is -0.584. The molecule has 2 aliphatic heterocycles. The van der Waals surface area contributed by atoms with Crippen LogP contribution in [0.1, 0.15) is 24.8 Å². The number of nitrogens with two attached hydrogens (primary N) is 2. The molecule has 7 nitrogen and oxygen atoms in total. The molecular formula is C24H30N5O2P. The lowest BCUT2D eigenvalue weighted by Crippen LogP contribution is -2.48. The maximum absolute atomic E-state index is 12.4. The van der Waals surface area contributed by atoms with Crippen molar-refractivity contribution >= 4 is 26.8 Å². The summed E-state index contributed by atoms with van der Waals surface area (Å²) in [4.78, 5) is 16.9. The van der Waals surface area contributed by atoms with Crippen LogP contribution >= 0.6 is 9.39 Å². The zero-order valence-electron chi connectivity index (χ0n) is 18.0. The summed E-state index contributed by atoms with van der Waals surface area (Å²) >= 11 is 0. The lowest BCUT2D eigenvalue weighted by atomic mass is 9.87. The number of para-hydroxylation sites is 1. The van der Waals surface area contributed by atoms with Gasteiger partial charge in [-0.15, -0.1) is 0 Å². The lowest BCUT2D eigenvalue weighted by molar-refractivity contribution is -0.114. The van der Waals surface area contributed by atoms with Gasteiger partial charge in [0.2, 0.25) is 0 Å². The first-order valence-electron chi connectivity index (χ1n) is 10.9. The van der Waals surface area contributed by atoms with Crippen molar-refractivity contribution in [2.45, 2.75) is 25.3 Å². The maximum Gasteiger partial charge on any atom is 0.254 e. The fraction of sp³-hybridized carbons (Fsp3) is 0.333. The van der Waals surface area contributed by atoms with Crippen LogP contribution in [-0.4, -0.2) is 42.1 Å². The second-order valence-corrected chi connectivity index (χ2v) is 8.97. The molecule has 0 aliphatic carbocycles. The van der Waals surface area contributed by atoms with Crippen molar-refractivity contribution < 1.29 is 9.53 Å². The Kier molecular flexibility index (Phi) is 7.08. The minimum absolute atomic E-state index is 0.245. The Morgan fingerprint density at radius 3 is 2.31 bits per heavy atom. The second-order valence-electron chi connectivity index (χ2n) is 8.24. The molecule has 0 bridgehead atoms. The topological polar surface area (TPSA) is 106 Å². The highest BCUT2D eigenvalue weighted by Gasteiger charge is 2.30. The predicted octanol–water partition coefficient (Wildman–Crippen LogP) is 2.90. The van der Waals surface area contributed by atoms with Crippen molar-refractivity contribution in [2.75, 3.05) is 19.6 Å². The number of hydrogen-bond acceptors (Lipinski definition) is 6. The standard InChI is InChI=1S/C24H30N5O2P/c25-22(17-6-8-19(9-7-17)31-18-4-2-1-3-5-18)21(23(26)30)24-27-13-10-20(28-24)16-11-14-29(32)15-12-16/h1-9,16,20H,10-15,25,32H2,(H2,26,30)(H,27,28). The van der Waals surface area contributed by atoms with Crippen LogP contribution in [0.3, 0.4) is 0 Å². The fourth-order valence-electron chi connectivity index (χ4n) is 4.28. The van der Waals surface area contributed by atoms with Crippen LogP contribution in [0, 0.1) is 5.92 Å². The van der Waals surface area contributed by atoms with E-state index >= 15 is 0 Å². The molecule has 2 aliphatic rings. The Labute approximate surface area is 191 Å². The number of benzene rings is 2. The Hall–Kier alpha value is -2.89. The third-order valence-electron chi connectivity index (χ3n) is 6.07. The number of carbonyl (C=O) groups excluding carboxylic acids is 1. The zero-order valence-corrected chi connectivity index (χ0v) is 19.2. The van der Waals surface area contributed by atoms with Gasteiger partial charge in [0.15, 0.2) is 0 Å². The van der Waals surface area contributed by atoms with E-state index in [4.69, 9.17) is 16.2 Å². The predicted molar refractivity (Wildman–Crippen MR) is 131 cm³/mol. The van der Waals surface area contributed by atoms with E-state index in [1.165, 1.54) is 0 Å². The van der Waals surface area contributed by atoms with E-state index < -0.39 is 5.91 Å². The largest absolute Gasteiger partial charge is 0.457 e. The van der Waals surface area contributed by atoms with Crippen molar-refractivity contribution in [3.63, 3.8) is 0 Å². The maximum atomic E-state index is 12.4. The summed E-state index contributed by atoms with van der Waals surface area (Å²) in [6, 6.07) is 17.1. The Bertz CT molecular complexity index is 999. The van der Waals surface area contributed by atoms with Gasteiger partial charge >= 0.3 is 0 Å². The molecule has 2 unspecified atom stereocenters. The van der Waals surface area contributed by atoms with Gasteiger partial charge in [-0.3, -0.25) is 14.5 Å². The average Bonchev–Trinajstić information content (AvgIpc) is 2.81. The number of piperidine rings is 1.